The Labute approximate surface area is 158 Å². The summed E-state index contributed by atoms with van der Waals surface area (Å²) in [5.74, 6) is 1.66. The normalized spacial score (nSPS) is 22.0. The van der Waals surface area contributed by atoms with E-state index in [0.717, 1.165) is 42.1 Å². The molecule has 2 N–H and O–H groups in total. The minimum absolute atomic E-state index is 0.0296. The van der Waals surface area contributed by atoms with E-state index in [1.54, 1.807) is 11.8 Å². The van der Waals surface area contributed by atoms with Gasteiger partial charge in [-0.1, -0.05) is 24.3 Å². The summed E-state index contributed by atoms with van der Waals surface area (Å²) in [6.07, 6.45) is 2.16. The van der Waals surface area contributed by atoms with E-state index >= 15 is 0 Å². The topological polar surface area (TPSA) is 58.6 Å². The number of ether oxygens (including phenoxy) is 1. The molecule has 1 aliphatic carbocycles. The second-order valence-electron chi connectivity index (χ2n) is 7.00. The first-order valence-corrected chi connectivity index (χ1v) is 10.1. The van der Waals surface area contributed by atoms with E-state index in [0.29, 0.717) is 5.75 Å². The first-order chi connectivity index (χ1) is 12.7. The molecular weight excluding hydrogens is 346 g/mol. The molecule has 1 saturated carbocycles. The summed E-state index contributed by atoms with van der Waals surface area (Å²) in [6.45, 7) is 0.728. The number of aliphatic hydroxyl groups excluding tert-OH is 1. The van der Waals surface area contributed by atoms with Gasteiger partial charge in [-0.3, -0.25) is 4.79 Å². The van der Waals surface area contributed by atoms with Crippen LogP contribution in [-0.2, 0) is 11.2 Å². The largest absolute Gasteiger partial charge is 0.493 e. The van der Waals surface area contributed by atoms with Crippen molar-refractivity contribution >= 4 is 17.7 Å². The summed E-state index contributed by atoms with van der Waals surface area (Å²) in [6, 6.07) is 16.1. The molecule has 1 fully saturated rings. The summed E-state index contributed by atoms with van der Waals surface area (Å²) >= 11 is 1.54. The van der Waals surface area contributed by atoms with Crippen LogP contribution in [0.25, 0.3) is 0 Å². The molecule has 1 heterocycles. The van der Waals surface area contributed by atoms with Crippen molar-refractivity contribution in [3.63, 3.8) is 0 Å². The zero-order valence-electron chi connectivity index (χ0n) is 14.6. The summed E-state index contributed by atoms with van der Waals surface area (Å²) in [4.78, 5) is 13.6. The molecule has 0 spiro atoms. The average Bonchev–Trinajstić information content (AvgIpc) is 3.11. The van der Waals surface area contributed by atoms with Crippen LogP contribution >= 0.6 is 11.8 Å². The first-order valence-electron chi connectivity index (χ1n) is 9.10. The Morgan fingerprint density at radius 1 is 1.23 bits per heavy atom. The van der Waals surface area contributed by atoms with Crippen LogP contribution in [-0.4, -0.2) is 29.5 Å². The maximum atomic E-state index is 12.5. The molecule has 0 radical (unpaired) electrons. The quantitative estimate of drug-likeness (QED) is 0.767. The smallest absolute Gasteiger partial charge is 0.230 e. The van der Waals surface area contributed by atoms with Gasteiger partial charge in [-0.25, -0.2) is 0 Å². The molecule has 2 aromatic rings. The second kappa shape index (κ2) is 7.72. The van der Waals surface area contributed by atoms with E-state index in [9.17, 15) is 9.90 Å². The Morgan fingerprint density at radius 2 is 2.04 bits per heavy atom. The molecule has 0 saturated heterocycles. The van der Waals surface area contributed by atoms with Gasteiger partial charge < -0.3 is 15.2 Å². The number of hydrogen-bond donors (Lipinski definition) is 2. The summed E-state index contributed by atoms with van der Waals surface area (Å²) in [5.41, 5.74) is 2.32. The van der Waals surface area contributed by atoms with Gasteiger partial charge in [0.05, 0.1) is 24.5 Å². The van der Waals surface area contributed by atoms with Crippen LogP contribution in [0.15, 0.2) is 53.4 Å². The molecule has 1 unspecified atom stereocenters. The zero-order chi connectivity index (χ0) is 17.9. The van der Waals surface area contributed by atoms with Gasteiger partial charge in [0.2, 0.25) is 5.91 Å². The fourth-order valence-corrected chi connectivity index (χ4v) is 4.39. The van der Waals surface area contributed by atoms with Crippen LogP contribution in [0.3, 0.4) is 0 Å². The van der Waals surface area contributed by atoms with Crippen molar-refractivity contribution in [3.8, 4) is 5.75 Å². The third-order valence-electron chi connectivity index (χ3n) is 5.12. The zero-order valence-corrected chi connectivity index (χ0v) is 15.4. The van der Waals surface area contributed by atoms with Crippen LogP contribution in [0, 0.1) is 5.92 Å². The number of rotatable bonds is 6. The lowest BCUT2D eigenvalue weighted by Crippen LogP contribution is -2.42. The maximum Gasteiger partial charge on any atom is 0.230 e. The van der Waals surface area contributed by atoms with Crippen molar-refractivity contribution in [2.75, 3.05) is 12.4 Å². The van der Waals surface area contributed by atoms with Crippen LogP contribution in [0.1, 0.15) is 30.0 Å². The third-order valence-corrected chi connectivity index (χ3v) is 6.14. The second-order valence-corrected chi connectivity index (χ2v) is 8.05. The number of hydrogen-bond acceptors (Lipinski definition) is 4. The number of nitrogens with one attached hydrogen (secondary N) is 1. The Kier molecular flexibility index (Phi) is 5.18. The Morgan fingerprint density at radius 3 is 2.81 bits per heavy atom. The fraction of sp³-hybridized carbons (Fsp3) is 0.381. The number of carbonyl (C=O) groups excluding carboxylic acids is 1. The van der Waals surface area contributed by atoms with Crippen LogP contribution in [0.5, 0.6) is 5.75 Å². The van der Waals surface area contributed by atoms with Crippen molar-refractivity contribution in [1.29, 1.82) is 0 Å². The van der Waals surface area contributed by atoms with Crippen LogP contribution in [0.2, 0.25) is 0 Å². The van der Waals surface area contributed by atoms with Crippen LogP contribution < -0.4 is 10.1 Å². The predicted molar refractivity (Wildman–Crippen MR) is 102 cm³/mol. The monoisotopic (exact) mass is 369 g/mol. The fourth-order valence-electron chi connectivity index (χ4n) is 3.66. The van der Waals surface area contributed by atoms with Crippen molar-refractivity contribution in [2.24, 2.45) is 5.92 Å². The van der Waals surface area contributed by atoms with E-state index in [2.05, 4.69) is 11.4 Å². The van der Waals surface area contributed by atoms with E-state index < -0.39 is 0 Å². The molecule has 2 aliphatic rings. The van der Waals surface area contributed by atoms with Gasteiger partial charge in [0.1, 0.15) is 5.75 Å². The maximum absolute atomic E-state index is 12.5. The molecule has 136 valence electrons. The van der Waals surface area contributed by atoms with E-state index in [4.69, 9.17) is 4.74 Å². The SMILES string of the molecule is O=C(CSc1ccccc1)NC(c1ccc2c(c1)CCO2)C1CC(O)C1. The molecule has 1 amide bonds. The minimum Gasteiger partial charge on any atom is -0.493 e. The van der Waals surface area contributed by atoms with Gasteiger partial charge in [0, 0.05) is 11.3 Å². The van der Waals surface area contributed by atoms with Gasteiger partial charge in [-0.15, -0.1) is 11.8 Å². The molecular formula is C21H23NO3S. The highest BCUT2D eigenvalue weighted by Crippen LogP contribution is 2.39. The number of thioether (sulfide) groups is 1. The van der Waals surface area contributed by atoms with E-state index in [1.165, 1.54) is 5.56 Å². The first kappa shape index (κ1) is 17.4. The molecule has 4 rings (SSSR count). The number of fused-ring (bicyclic) bond motifs is 1. The highest BCUT2D eigenvalue weighted by atomic mass is 32.2. The van der Waals surface area contributed by atoms with Crippen molar-refractivity contribution < 1.29 is 14.6 Å². The number of amides is 1. The molecule has 1 aliphatic heterocycles. The number of carbonyl (C=O) groups is 1. The standard InChI is InChI=1S/C21H23NO3S/c23-17-11-16(12-17)21(15-6-7-19-14(10-15)8-9-25-19)22-20(24)13-26-18-4-2-1-3-5-18/h1-7,10,16-17,21,23H,8-9,11-13H2,(H,22,24). The van der Waals surface area contributed by atoms with Gasteiger partial charge in [0.15, 0.2) is 0 Å². The number of aliphatic hydroxyl groups is 1. The predicted octanol–water partition coefficient (Wildman–Crippen LogP) is 3.34. The summed E-state index contributed by atoms with van der Waals surface area (Å²) < 4.78 is 5.59. The van der Waals surface area contributed by atoms with Crippen molar-refractivity contribution in [2.45, 2.75) is 36.3 Å². The molecule has 0 bridgehead atoms. The minimum atomic E-state index is -0.240. The molecule has 26 heavy (non-hydrogen) atoms. The summed E-state index contributed by atoms with van der Waals surface area (Å²) in [5, 5.41) is 12.9. The molecule has 1 atom stereocenters. The van der Waals surface area contributed by atoms with Crippen molar-refractivity contribution in [1.82, 2.24) is 5.32 Å². The Balaban J connectivity index is 1.44. The summed E-state index contributed by atoms with van der Waals surface area (Å²) in [7, 11) is 0. The van der Waals surface area contributed by atoms with Crippen molar-refractivity contribution in [3.05, 3.63) is 59.7 Å². The highest BCUT2D eigenvalue weighted by molar-refractivity contribution is 8.00. The lowest BCUT2D eigenvalue weighted by atomic mass is 9.75. The van der Waals surface area contributed by atoms with Gasteiger partial charge in [-0.05, 0) is 54.2 Å². The number of benzene rings is 2. The van der Waals surface area contributed by atoms with Gasteiger partial charge in [0.25, 0.3) is 0 Å². The molecule has 2 aromatic carbocycles. The Hall–Kier alpha value is -1.98. The third kappa shape index (κ3) is 3.89. The molecule has 0 aromatic heterocycles. The lowest BCUT2D eigenvalue weighted by molar-refractivity contribution is -0.120. The molecule has 4 nitrogen and oxygen atoms in total. The Bertz CT molecular complexity index is 774. The average molecular weight is 369 g/mol. The van der Waals surface area contributed by atoms with E-state index in [1.807, 2.05) is 42.5 Å². The molecule has 5 heteroatoms. The van der Waals surface area contributed by atoms with Gasteiger partial charge in [-0.2, -0.15) is 0 Å². The van der Waals surface area contributed by atoms with E-state index in [-0.39, 0.29) is 24.0 Å². The van der Waals surface area contributed by atoms with Gasteiger partial charge >= 0.3 is 0 Å². The lowest BCUT2D eigenvalue weighted by Gasteiger charge is -2.38. The van der Waals surface area contributed by atoms with Crippen LogP contribution in [0.4, 0.5) is 0 Å². The highest BCUT2D eigenvalue weighted by Gasteiger charge is 2.36.